The molecular formula is C18H23ClN2. The molecule has 0 aliphatic heterocycles. The van der Waals surface area contributed by atoms with Crippen LogP contribution in [0.4, 0.5) is 0 Å². The first-order chi connectivity index (χ1) is 9.76. The predicted molar refractivity (Wildman–Crippen MR) is 92.9 cm³/mol. The molecule has 0 unspecified atom stereocenters. The lowest BCUT2D eigenvalue weighted by atomic mass is 10.1. The molecule has 0 fully saturated rings. The lowest BCUT2D eigenvalue weighted by Gasteiger charge is -2.20. The van der Waals surface area contributed by atoms with Crippen LogP contribution in [0.15, 0.2) is 29.8 Å². The van der Waals surface area contributed by atoms with Crippen LogP contribution in [-0.2, 0) is 0 Å². The second kappa shape index (κ2) is 6.17. The summed E-state index contributed by atoms with van der Waals surface area (Å²) in [5.74, 6) is 0. The second-order valence-corrected chi connectivity index (χ2v) is 6.97. The molecule has 2 aromatic rings. The number of nitrogens with one attached hydrogen (secondary N) is 1. The summed E-state index contributed by atoms with van der Waals surface area (Å²) >= 11 is 6.33. The highest BCUT2D eigenvalue weighted by atomic mass is 35.5. The highest BCUT2D eigenvalue weighted by molar-refractivity contribution is 6.31. The van der Waals surface area contributed by atoms with Crippen LogP contribution in [-0.4, -0.2) is 17.1 Å². The lowest BCUT2D eigenvalue weighted by molar-refractivity contribution is 0.445. The fourth-order valence-electron chi connectivity index (χ4n) is 2.16. The van der Waals surface area contributed by atoms with Crippen molar-refractivity contribution in [1.82, 2.24) is 10.3 Å². The van der Waals surface area contributed by atoms with Gasteiger partial charge in [-0.3, -0.25) is 0 Å². The topological polar surface area (TPSA) is 24.9 Å². The summed E-state index contributed by atoms with van der Waals surface area (Å²) in [5.41, 5.74) is 4.45. The lowest BCUT2D eigenvalue weighted by Crippen LogP contribution is -2.36. The van der Waals surface area contributed by atoms with Crippen LogP contribution in [0.2, 0.25) is 5.15 Å². The van der Waals surface area contributed by atoms with Crippen molar-refractivity contribution in [1.29, 1.82) is 0 Å². The Hall–Kier alpha value is -1.38. The Labute approximate surface area is 132 Å². The number of para-hydroxylation sites is 1. The summed E-state index contributed by atoms with van der Waals surface area (Å²) in [5, 5.41) is 5.16. The first-order valence-corrected chi connectivity index (χ1v) is 7.62. The van der Waals surface area contributed by atoms with Gasteiger partial charge < -0.3 is 5.32 Å². The van der Waals surface area contributed by atoms with Crippen LogP contribution in [0, 0.1) is 6.92 Å². The summed E-state index contributed by atoms with van der Waals surface area (Å²) in [6.07, 6.45) is 2.11. The normalized spacial score (nSPS) is 13.0. The molecule has 0 saturated carbocycles. The van der Waals surface area contributed by atoms with E-state index < -0.39 is 0 Å². The molecule has 0 aliphatic carbocycles. The summed E-state index contributed by atoms with van der Waals surface area (Å²) in [7, 11) is 0. The van der Waals surface area contributed by atoms with E-state index in [0.29, 0.717) is 5.15 Å². The fraction of sp³-hybridized carbons (Fsp3) is 0.389. The maximum Gasteiger partial charge on any atom is 0.137 e. The second-order valence-electron chi connectivity index (χ2n) is 6.61. The van der Waals surface area contributed by atoms with Crippen molar-refractivity contribution in [2.24, 2.45) is 0 Å². The van der Waals surface area contributed by atoms with Crippen molar-refractivity contribution < 1.29 is 0 Å². The SMILES string of the molecule is CC(=Cc1cc2cccc(C)c2nc1Cl)CNC(C)(C)C. The number of aromatic nitrogens is 1. The highest BCUT2D eigenvalue weighted by Crippen LogP contribution is 2.24. The summed E-state index contributed by atoms with van der Waals surface area (Å²) in [4.78, 5) is 4.54. The minimum atomic E-state index is 0.109. The van der Waals surface area contributed by atoms with Crippen LogP contribution in [0.3, 0.4) is 0 Å². The quantitative estimate of drug-likeness (QED) is 0.808. The van der Waals surface area contributed by atoms with E-state index in [9.17, 15) is 0 Å². The van der Waals surface area contributed by atoms with E-state index in [0.717, 1.165) is 28.6 Å². The summed E-state index contributed by atoms with van der Waals surface area (Å²) in [6.45, 7) is 11.5. The molecule has 0 atom stereocenters. The van der Waals surface area contributed by atoms with Crippen LogP contribution >= 0.6 is 11.6 Å². The number of benzene rings is 1. The molecule has 21 heavy (non-hydrogen) atoms. The number of rotatable bonds is 3. The maximum atomic E-state index is 6.33. The Morgan fingerprint density at radius 1 is 1.33 bits per heavy atom. The van der Waals surface area contributed by atoms with Gasteiger partial charge in [0.2, 0.25) is 0 Å². The number of hydrogen-bond donors (Lipinski definition) is 1. The van der Waals surface area contributed by atoms with Gasteiger partial charge in [-0.2, -0.15) is 0 Å². The third-order valence-electron chi connectivity index (χ3n) is 3.33. The first kappa shape index (κ1) is 16.0. The maximum absolute atomic E-state index is 6.33. The molecule has 1 heterocycles. The van der Waals surface area contributed by atoms with Crippen molar-refractivity contribution in [3.63, 3.8) is 0 Å². The number of nitrogens with zero attached hydrogens (tertiary/aromatic N) is 1. The van der Waals surface area contributed by atoms with Crippen LogP contribution < -0.4 is 5.32 Å². The van der Waals surface area contributed by atoms with E-state index in [1.54, 1.807) is 0 Å². The zero-order valence-corrected chi connectivity index (χ0v) is 14.2. The first-order valence-electron chi connectivity index (χ1n) is 7.24. The molecule has 0 saturated heterocycles. The molecule has 2 rings (SSSR count). The van der Waals surface area contributed by atoms with Crippen molar-refractivity contribution in [2.75, 3.05) is 6.54 Å². The molecule has 112 valence electrons. The molecule has 0 amide bonds. The third-order valence-corrected chi connectivity index (χ3v) is 3.63. The number of halogens is 1. The minimum absolute atomic E-state index is 0.109. The van der Waals surface area contributed by atoms with Crippen molar-refractivity contribution >= 4 is 28.6 Å². The van der Waals surface area contributed by atoms with Crippen LogP contribution in [0.5, 0.6) is 0 Å². The van der Waals surface area contributed by atoms with Gasteiger partial charge in [0.1, 0.15) is 5.15 Å². The molecule has 1 N–H and O–H groups in total. The summed E-state index contributed by atoms with van der Waals surface area (Å²) in [6, 6.07) is 8.29. The monoisotopic (exact) mass is 302 g/mol. The minimum Gasteiger partial charge on any atom is -0.308 e. The number of aryl methyl sites for hydroxylation is 1. The molecule has 3 heteroatoms. The average molecular weight is 303 g/mol. The predicted octanol–water partition coefficient (Wildman–Crippen LogP) is 4.99. The van der Waals surface area contributed by atoms with E-state index in [1.165, 1.54) is 5.57 Å². The zero-order chi connectivity index (χ0) is 15.6. The van der Waals surface area contributed by atoms with E-state index in [-0.39, 0.29) is 5.54 Å². The van der Waals surface area contributed by atoms with Gasteiger partial charge in [0.05, 0.1) is 5.52 Å². The molecule has 0 radical (unpaired) electrons. The smallest absolute Gasteiger partial charge is 0.137 e. The van der Waals surface area contributed by atoms with E-state index >= 15 is 0 Å². The fourth-order valence-corrected chi connectivity index (χ4v) is 2.36. The third kappa shape index (κ3) is 4.29. The molecule has 0 spiro atoms. The largest absolute Gasteiger partial charge is 0.308 e. The van der Waals surface area contributed by atoms with Gasteiger partial charge in [-0.1, -0.05) is 41.4 Å². The molecule has 1 aromatic heterocycles. The van der Waals surface area contributed by atoms with Crippen molar-refractivity contribution in [3.05, 3.63) is 46.1 Å². The van der Waals surface area contributed by atoms with Gasteiger partial charge in [0, 0.05) is 23.0 Å². The number of hydrogen-bond acceptors (Lipinski definition) is 2. The van der Waals surface area contributed by atoms with E-state index in [1.807, 2.05) is 0 Å². The summed E-state index contributed by atoms with van der Waals surface area (Å²) < 4.78 is 0. The van der Waals surface area contributed by atoms with Gasteiger partial charge in [0.15, 0.2) is 0 Å². The van der Waals surface area contributed by atoms with Crippen LogP contribution in [0.1, 0.15) is 38.8 Å². The van der Waals surface area contributed by atoms with Gasteiger partial charge >= 0.3 is 0 Å². The molecule has 0 aliphatic rings. The molecular weight excluding hydrogens is 280 g/mol. The Bertz CT molecular complexity index is 681. The molecule has 2 nitrogen and oxygen atoms in total. The average Bonchev–Trinajstić information content (AvgIpc) is 2.38. The Morgan fingerprint density at radius 3 is 2.71 bits per heavy atom. The van der Waals surface area contributed by atoms with Gasteiger partial charge in [0.25, 0.3) is 0 Å². The van der Waals surface area contributed by atoms with Gasteiger partial charge in [-0.05, 0) is 46.2 Å². The number of pyridine rings is 1. The Morgan fingerprint density at radius 2 is 2.05 bits per heavy atom. The van der Waals surface area contributed by atoms with Gasteiger partial charge in [-0.25, -0.2) is 4.98 Å². The highest BCUT2D eigenvalue weighted by Gasteiger charge is 2.09. The van der Waals surface area contributed by atoms with E-state index in [2.05, 4.69) is 75.3 Å². The Balaban J connectivity index is 2.32. The van der Waals surface area contributed by atoms with Crippen molar-refractivity contribution in [3.8, 4) is 0 Å². The van der Waals surface area contributed by atoms with Crippen LogP contribution in [0.25, 0.3) is 17.0 Å². The van der Waals surface area contributed by atoms with E-state index in [4.69, 9.17) is 11.6 Å². The zero-order valence-electron chi connectivity index (χ0n) is 13.4. The molecule has 0 bridgehead atoms. The van der Waals surface area contributed by atoms with Crippen molar-refractivity contribution in [2.45, 2.75) is 40.2 Å². The standard InChI is InChI=1S/C18H23ClN2/c1-12(11-20-18(3,4)5)9-15-10-14-8-6-7-13(2)16(14)21-17(15)19/h6-10,20H,11H2,1-5H3. The Kier molecular flexibility index (Phi) is 4.70. The molecule has 1 aromatic carbocycles. The number of fused-ring (bicyclic) bond motifs is 1. The van der Waals surface area contributed by atoms with Gasteiger partial charge in [-0.15, -0.1) is 0 Å².